The first-order valence-electron chi connectivity index (χ1n) is 7.91. The van der Waals surface area contributed by atoms with Crippen LogP contribution in [0, 0.1) is 17.0 Å². The third kappa shape index (κ3) is 12.3. The average Bonchev–Trinajstić information content (AvgIpc) is 2.61. The summed E-state index contributed by atoms with van der Waals surface area (Å²) in [6.07, 6.45) is 0. The van der Waals surface area contributed by atoms with Crippen LogP contribution in [0.25, 0.3) is 0 Å². The summed E-state index contributed by atoms with van der Waals surface area (Å²) in [4.78, 5) is 28.7. The molecule has 0 unspecified atom stereocenters. The SMILES string of the molecule is COCCNCCOCCOc1ccc(C)cc1[N+](=O)[O-].O=C(O)C(=O)O. The van der Waals surface area contributed by atoms with E-state index in [2.05, 4.69) is 5.32 Å². The second-order valence-corrected chi connectivity index (χ2v) is 5.04. The fourth-order valence-electron chi connectivity index (χ4n) is 1.65. The lowest BCUT2D eigenvalue weighted by Gasteiger charge is -2.08. The van der Waals surface area contributed by atoms with Gasteiger partial charge in [0.25, 0.3) is 0 Å². The van der Waals surface area contributed by atoms with Crippen molar-refractivity contribution in [3.8, 4) is 5.75 Å². The Bertz CT molecular complexity index is 596. The van der Waals surface area contributed by atoms with Gasteiger partial charge in [-0.2, -0.15) is 0 Å². The number of carboxylic acid groups (broad SMARTS) is 2. The maximum Gasteiger partial charge on any atom is 0.414 e. The van der Waals surface area contributed by atoms with Crippen LogP contribution in [0.3, 0.4) is 0 Å². The molecule has 3 N–H and O–H groups in total. The number of carboxylic acids is 2. The number of nitro benzene ring substituents is 1. The van der Waals surface area contributed by atoms with Gasteiger partial charge in [0.1, 0.15) is 6.61 Å². The zero-order valence-corrected chi connectivity index (χ0v) is 15.2. The van der Waals surface area contributed by atoms with Crippen LogP contribution in [-0.2, 0) is 19.1 Å². The van der Waals surface area contributed by atoms with Crippen LogP contribution in [0.2, 0.25) is 0 Å². The number of hydrogen-bond donors (Lipinski definition) is 3. The van der Waals surface area contributed by atoms with Gasteiger partial charge in [0.05, 0.1) is 24.7 Å². The molecule has 0 amide bonds. The lowest BCUT2D eigenvalue weighted by Crippen LogP contribution is -2.24. The first-order valence-corrected chi connectivity index (χ1v) is 7.91. The Morgan fingerprint density at radius 2 is 1.74 bits per heavy atom. The van der Waals surface area contributed by atoms with E-state index in [1.54, 1.807) is 26.2 Å². The van der Waals surface area contributed by atoms with Crippen LogP contribution in [0.15, 0.2) is 18.2 Å². The van der Waals surface area contributed by atoms with Crippen molar-refractivity contribution in [2.75, 3.05) is 46.6 Å². The molecule has 11 heteroatoms. The van der Waals surface area contributed by atoms with Gasteiger partial charge < -0.3 is 29.7 Å². The minimum Gasteiger partial charge on any atom is -0.484 e. The fraction of sp³-hybridized carbons (Fsp3) is 0.500. The quantitative estimate of drug-likeness (QED) is 0.213. The summed E-state index contributed by atoms with van der Waals surface area (Å²) >= 11 is 0. The zero-order chi connectivity index (χ0) is 20.7. The predicted molar refractivity (Wildman–Crippen MR) is 94.2 cm³/mol. The number of benzene rings is 1. The van der Waals surface area contributed by atoms with Crippen LogP contribution in [0.1, 0.15) is 5.56 Å². The largest absolute Gasteiger partial charge is 0.484 e. The first kappa shape index (κ1) is 24.2. The molecule has 27 heavy (non-hydrogen) atoms. The number of nitrogens with zero attached hydrogens (tertiary/aromatic N) is 1. The molecule has 0 saturated carbocycles. The maximum atomic E-state index is 10.9. The summed E-state index contributed by atoms with van der Waals surface area (Å²) in [6, 6.07) is 4.89. The Balaban J connectivity index is 0.000000972. The fourth-order valence-corrected chi connectivity index (χ4v) is 1.65. The van der Waals surface area contributed by atoms with Crippen LogP contribution in [0.5, 0.6) is 5.75 Å². The summed E-state index contributed by atoms with van der Waals surface area (Å²) in [5, 5.41) is 28.8. The van der Waals surface area contributed by atoms with Crippen LogP contribution >= 0.6 is 0 Å². The molecule has 0 heterocycles. The van der Waals surface area contributed by atoms with Gasteiger partial charge in [0.2, 0.25) is 0 Å². The van der Waals surface area contributed by atoms with Gasteiger partial charge in [-0.25, -0.2) is 9.59 Å². The highest BCUT2D eigenvalue weighted by Crippen LogP contribution is 2.27. The van der Waals surface area contributed by atoms with E-state index in [1.807, 2.05) is 0 Å². The van der Waals surface area contributed by atoms with Gasteiger partial charge >= 0.3 is 17.6 Å². The number of nitro groups is 1. The Kier molecular flexibility index (Phi) is 12.9. The van der Waals surface area contributed by atoms with Crippen molar-refractivity contribution in [2.24, 2.45) is 0 Å². The van der Waals surface area contributed by atoms with Crippen molar-refractivity contribution >= 4 is 17.6 Å². The lowest BCUT2D eigenvalue weighted by atomic mass is 10.2. The standard InChI is InChI=1S/C14H22N2O5.C2H2O4/c1-12-3-4-14(13(11-12)16(17)18)21-10-9-20-8-6-15-5-7-19-2;3-1(4)2(5)6/h3-4,11,15H,5-10H2,1-2H3;(H,3,4)(H,5,6). The number of nitrogens with one attached hydrogen (secondary N) is 1. The van der Waals surface area contributed by atoms with Crippen molar-refractivity contribution in [2.45, 2.75) is 6.92 Å². The molecule has 0 spiro atoms. The number of ether oxygens (including phenoxy) is 3. The highest BCUT2D eigenvalue weighted by molar-refractivity contribution is 6.27. The van der Waals surface area contributed by atoms with Crippen LogP contribution in [-0.4, -0.2) is 73.7 Å². The summed E-state index contributed by atoms with van der Waals surface area (Å²) in [6.45, 7) is 5.21. The van der Waals surface area contributed by atoms with E-state index in [-0.39, 0.29) is 18.0 Å². The third-order valence-electron chi connectivity index (χ3n) is 2.89. The Labute approximate surface area is 156 Å². The number of aliphatic carboxylic acids is 2. The van der Waals surface area contributed by atoms with Gasteiger partial charge in [-0.1, -0.05) is 6.07 Å². The molecule has 0 atom stereocenters. The van der Waals surface area contributed by atoms with E-state index >= 15 is 0 Å². The predicted octanol–water partition coefficient (Wildman–Crippen LogP) is 0.690. The van der Waals surface area contributed by atoms with E-state index < -0.39 is 16.9 Å². The van der Waals surface area contributed by atoms with Gasteiger partial charge in [-0.05, 0) is 18.6 Å². The highest BCUT2D eigenvalue weighted by Gasteiger charge is 2.14. The van der Waals surface area contributed by atoms with Crippen molar-refractivity contribution in [3.63, 3.8) is 0 Å². The molecule has 1 aromatic rings. The number of methoxy groups -OCH3 is 1. The summed E-state index contributed by atoms with van der Waals surface area (Å²) < 4.78 is 15.6. The summed E-state index contributed by atoms with van der Waals surface area (Å²) in [5.41, 5.74) is 0.809. The van der Waals surface area contributed by atoms with Gasteiger partial charge in [-0.15, -0.1) is 0 Å². The molecule has 1 rings (SSSR count). The first-order chi connectivity index (χ1) is 12.8. The molecular formula is C16H24N2O9. The molecule has 0 aliphatic heterocycles. The molecule has 152 valence electrons. The van der Waals surface area contributed by atoms with Crippen LogP contribution < -0.4 is 10.1 Å². The highest BCUT2D eigenvalue weighted by atomic mass is 16.6. The molecule has 0 bridgehead atoms. The van der Waals surface area contributed by atoms with Gasteiger partial charge in [0, 0.05) is 26.3 Å². The number of aryl methyl sites for hydroxylation is 1. The van der Waals surface area contributed by atoms with Crippen molar-refractivity contribution in [3.05, 3.63) is 33.9 Å². The third-order valence-corrected chi connectivity index (χ3v) is 2.89. The molecule has 0 aliphatic carbocycles. The molecule has 0 fully saturated rings. The monoisotopic (exact) mass is 388 g/mol. The molecule has 0 saturated heterocycles. The second kappa shape index (κ2) is 14.4. The van der Waals surface area contributed by atoms with Crippen molar-refractivity contribution in [1.29, 1.82) is 0 Å². The summed E-state index contributed by atoms with van der Waals surface area (Å²) in [7, 11) is 1.65. The smallest absolute Gasteiger partial charge is 0.414 e. The van der Waals surface area contributed by atoms with E-state index in [4.69, 9.17) is 34.0 Å². The average molecular weight is 388 g/mol. The molecule has 11 nitrogen and oxygen atoms in total. The Hall–Kier alpha value is -2.76. The normalized spacial score (nSPS) is 9.85. The second-order valence-electron chi connectivity index (χ2n) is 5.04. The van der Waals surface area contributed by atoms with Gasteiger partial charge in [0.15, 0.2) is 5.75 Å². The van der Waals surface area contributed by atoms with Crippen molar-refractivity contribution in [1.82, 2.24) is 5.32 Å². The zero-order valence-electron chi connectivity index (χ0n) is 15.2. The maximum absolute atomic E-state index is 10.9. The van der Waals surface area contributed by atoms with E-state index in [9.17, 15) is 10.1 Å². The minimum absolute atomic E-state index is 0.0174. The Morgan fingerprint density at radius 3 is 2.30 bits per heavy atom. The minimum atomic E-state index is -1.82. The van der Waals surface area contributed by atoms with E-state index in [0.717, 1.165) is 18.7 Å². The van der Waals surface area contributed by atoms with Crippen LogP contribution in [0.4, 0.5) is 5.69 Å². The molecule has 0 aliphatic rings. The molecule has 0 aromatic heterocycles. The summed E-state index contributed by atoms with van der Waals surface area (Å²) in [5.74, 6) is -3.38. The van der Waals surface area contributed by atoms with Gasteiger partial charge in [-0.3, -0.25) is 10.1 Å². The number of hydrogen-bond acceptors (Lipinski definition) is 8. The van der Waals surface area contributed by atoms with Crippen molar-refractivity contribution < 1.29 is 38.9 Å². The molecule has 1 aromatic carbocycles. The van der Waals surface area contributed by atoms with E-state index in [0.29, 0.717) is 19.8 Å². The number of rotatable bonds is 11. The number of carbonyl (C=O) groups is 2. The topological polar surface area (TPSA) is 157 Å². The molecular weight excluding hydrogens is 364 g/mol. The lowest BCUT2D eigenvalue weighted by molar-refractivity contribution is -0.385. The Morgan fingerprint density at radius 1 is 1.11 bits per heavy atom. The van der Waals surface area contributed by atoms with E-state index in [1.165, 1.54) is 6.07 Å². The molecule has 0 radical (unpaired) electrons.